The molecule has 0 aliphatic heterocycles. The molecule has 122 valence electrons. The zero-order valence-electron chi connectivity index (χ0n) is 13.5. The lowest BCUT2D eigenvalue weighted by Crippen LogP contribution is -2.13. The van der Waals surface area contributed by atoms with Gasteiger partial charge < -0.3 is 14.8 Å². The second-order valence-corrected chi connectivity index (χ2v) is 5.66. The van der Waals surface area contributed by atoms with Crippen molar-refractivity contribution in [2.45, 2.75) is 19.8 Å². The molecule has 5 heteroatoms. The molecule has 0 aromatic heterocycles. The van der Waals surface area contributed by atoms with Crippen LogP contribution in [0.3, 0.4) is 0 Å². The first-order valence-corrected chi connectivity index (χ1v) is 7.67. The summed E-state index contributed by atoms with van der Waals surface area (Å²) in [6.07, 6.45) is 0.960. The molecule has 0 bridgehead atoms. The van der Waals surface area contributed by atoms with Gasteiger partial charge in [0.1, 0.15) is 11.5 Å². The molecule has 0 aliphatic rings. The molecule has 0 heterocycles. The Hall–Kier alpha value is -2.20. The molecule has 1 amide bonds. The number of halogens is 1. The number of methoxy groups -OCH3 is 2. The van der Waals surface area contributed by atoms with Gasteiger partial charge in [-0.25, -0.2) is 0 Å². The molecule has 0 radical (unpaired) electrons. The summed E-state index contributed by atoms with van der Waals surface area (Å²) in [6.45, 7) is 1.93. The fourth-order valence-corrected chi connectivity index (χ4v) is 2.38. The lowest BCUT2D eigenvalue weighted by atomic mass is 10.1. The smallest absolute Gasteiger partial charge is 0.224 e. The van der Waals surface area contributed by atoms with Gasteiger partial charge >= 0.3 is 0 Å². The van der Waals surface area contributed by atoms with Gasteiger partial charge in [0.25, 0.3) is 0 Å². The summed E-state index contributed by atoms with van der Waals surface area (Å²) in [4.78, 5) is 12.1. The Morgan fingerprint density at radius 1 is 1.09 bits per heavy atom. The van der Waals surface area contributed by atoms with Gasteiger partial charge in [0.15, 0.2) is 0 Å². The van der Waals surface area contributed by atoms with Crippen LogP contribution in [0.25, 0.3) is 0 Å². The van der Waals surface area contributed by atoms with Crippen molar-refractivity contribution in [1.29, 1.82) is 0 Å². The number of nitrogens with one attached hydrogen (secondary N) is 1. The van der Waals surface area contributed by atoms with Crippen molar-refractivity contribution in [2.75, 3.05) is 19.5 Å². The van der Waals surface area contributed by atoms with Crippen LogP contribution in [0.4, 0.5) is 5.69 Å². The highest BCUT2D eigenvalue weighted by Gasteiger charge is 2.08. The van der Waals surface area contributed by atoms with Crippen LogP contribution in [-0.4, -0.2) is 20.1 Å². The first kappa shape index (κ1) is 17.2. The van der Waals surface area contributed by atoms with Gasteiger partial charge in [0, 0.05) is 23.2 Å². The van der Waals surface area contributed by atoms with Crippen LogP contribution >= 0.6 is 11.6 Å². The Labute approximate surface area is 141 Å². The van der Waals surface area contributed by atoms with Gasteiger partial charge in [-0.15, -0.1) is 0 Å². The maximum atomic E-state index is 12.1. The van der Waals surface area contributed by atoms with Crippen molar-refractivity contribution < 1.29 is 14.3 Å². The molecule has 4 nitrogen and oxygen atoms in total. The largest absolute Gasteiger partial charge is 0.497 e. The van der Waals surface area contributed by atoms with Crippen LogP contribution in [0, 0.1) is 6.92 Å². The van der Waals surface area contributed by atoms with Crippen molar-refractivity contribution >= 4 is 23.2 Å². The zero-order chi connectivity index (χ0) is 16.8. The van der Waals surface area contributed by atoms with E-state index >= 15 is 0 Å². The lowest BCUT2D eigenvalue weighted by molar-refractivity contribution is -0.116. The third-order valence-electron chi connectivity index (χ3n) is 3.53. The Balaban J connectivity index is 2.00. The molecule has 0 atom stereocenters. The van der Waals surface area contributed by atoms with Gasteiger partial charge in [0.2, 0.25) is 5.91 Å². The first-order chi connectivity index (χ1) is 11.0. The minimum Gasteiger partial charge on any atom is -0.497 e. The standard InChI is InChI=1S/C18H20ClNO3/c1-12-4-6-14(19)10-17(12)20-18(21)7-5-13-8-15(22-2)11-16(9-13)23-3/h4,6,8-11H,5,7H2,1-3H3,(H,20,21). The van der Waals surface area contributed by atoms with E-state index in [2.05, 4.69) is 5.32 Å². The zero-order valence-corrected chi connectivity index (χ0v) is 14.2. The minimum atomic E-state index is -0.0582. The molecular weight excluding hydrogens is 314 g/mol. The maximum absolute atomic E-state index is 12.1. The predicted molar refractivity (Wildman–Crippen MR) is 92.7 cm³/mol. The van der Waals surface area contributed by atoms with Gasteiger partial charge in [-0.3, -0.25) is 4.79 Å². The lowest BCUT2D eigenvalue weighted by Gasteiger charge is -2.10. The van der Waals surface area contributed by atoms with Crippen molar-refractivity contribution in [3.8, 4) is 11.5 Å². The fourth-order valence-electron chi connectivity index (χ4n) is 2.21. The number of hydrogen-bond donors (Lipinski definition) is 1. The normalized spacial score (nSPS) is 10.3. The van der Waals surface area contributed by atoms with E-state index in [0.29, 0.717) is 29.4 Å². The van der Waals surface area contributed by atoms with E-state index < -0.39 is 0 Å². The van der Waals surface area contributed by atoms with Crippen LogP contribution in [0.1, 0.15) is 17.5 Å². The third kappa shape index (κ3) is 4.89. The number of carbonyl (C=O) groups is 1. The van der Waals surface area contributed by atoms with Gasteiger partial charge in [0.05, 0.1) is 14.2 Å². The number of ether oxygens (including phenoxy) is 2. The highest BCUT2D eigenvalue weighted by atomic mass is 35.5. The summed E-state index contributed by atoms with van der Waals surface area (Å²) in [6, 6.07) is 11.0. The molecule has 0 fully saturated rings. The maximum Gasteiger partial charge on any atom is 0.224 e. The summed E-state index contributed by atoms with van der Waals surface area (Å²) in [7, 11) is 3.21. The molecule has 2 aromatic rings. The second kappa shape index (κ2) is 7.88. The molecule has 0 aliphatic carbocycles. The number of benzene rings is 2. The highest BCUT2D eigenvalue weighted by Crippen LogP contribution is 2.24. The van der Waals surface area contributed by atoms with Crippen molar-refractivity contribution in [3.63, 3.8) is 0 Å². The van der Waals surface area contributed by atoms with Crippen molar-refractivity contribution in [1.82, 2.24) is 0 Å². The minimum absolute atomic E-state index is 0.0582. The summed E-state index contributed by atoms with van der Waals surface area (Å²) in [5.41, 5.74) is 2.70. The quantitative estimate of drug-likeness (QED) is 0.860. The van der Waals surface area contributed by atoms with E-state index in [9.17, 15) is 4.79 Å². The number of carbonyl (C=O) groups excluding carboxylic acids is 1. The molecule has 0 saturated heterocycles. The van der Waals surface area contributed by atoms with E-state index in [0.717, 1.165) is 16.8 Å². The third-order valence-corrected chi connectivity index (χ3v) is 3.76. The Bertz CT molecular complexity index is 678. The van der Waals surface area contributed by atoms with Gasteiger partial charge in [-0.05, 0) is 48.7 Å². The molecule has 2 rings (SSSR count). The Kier molecular flexibility index (Phi) is 5.88. The topological polar surface area (TPSA) is 47.6 Å². The molecule has 0 unspecified atom stereocenters. The van der Waals surface area contributed by atoms with Crippen molar-refractivity contribution in [3.05, 3.63) is 52.5 Å². The first-order valence-electron chi connectivity index (χ1n) is 7.30. The van der Waals surface area contributed by atoms with Crippen molar-refractivity contribution in [2.24, 2.45) is 0 Å². The van der Waals surface area contributed by atoms with E-state index in [1.54, 1.807) is 32.4 Å². The van der Waals surface area contributed by atoms with E-state index in [-0.39, 0.29) is 5.91 Å². The van der Waals surface area contributed by atoms with Crippen LogP contribution in [0.5, 0.6) is 11.5 Å². The summed E-state index contributed by atoms with van der Waals surface area (Å²) < 4.78 is 10.5. The molecule has 1 N–H and O–H groups in total. The van der Waals surface area contributed by atoms with Crippen LogP contribution in [-0.2, 0) is 11.2 Å². The van der Waals surface area contributed by atoms with E-state index in [4.69, 9.17) is 21.1 Å². The fraction of sp³-hybridized carbons (Fsp3) is 0.278. The molecule has 23 heavy (non-hydrogen) atoms. The summed E-state index contributed by atoms with van der Waals surface area (Å²) >= 11 is 5.96. The Morgan fingerprint density at radius 3 is 2.35 bits per heavy atom. The molecule has 0 spiro atoms. The molecular formula is C18H20ClNO3. The Morgan fingerprint density at radius 2 is 1.74 bits per heavy atom. The monoisotopic (exact) mass is 333 g/mol. The summed E-state index contributed by atoms with van der Waals surface area (Å²) in [5, 5.41) is 3.49. The average Bonchev–Trinajstić information content (AvgIpc) is 2.56. The number of hydrogen-bond acceptors (Lipinski definition) is 3. The number of anilines is 1. The molecule has 0 saturated carbocycles. The van der Waals surface area contributed by atoms with Crippen LogP contribution in [0.15, 0.2) is 36.4 Å². The van der Waals surface area contributed by atoms with Crippen LogP contribution in [0.2, 0.25) is 5.02 Å². The van der Waals surface area contributed by atoms with Gasteiger partial charge in [-0.2, -0.15) is 0 Å². The number of rotatable bonds is 6. The van der Waals surface area contributed by atoms with Gasteiger partial charge in [-0.1, -0.05) is 17.7 Å². The predicted octanol–water partition coefficient (Wildman–Crippen LogP) is 4.24. The van der Waals surface area contributed by atoms with Crippen LogP contribution < -0.4 is 14.8 Å². The number of aryl methyl sites for hydroxylation is 2. The number of amides is 1. The highest BCUT2D eigenvalue weighted by molar-refractivity contribution is 6.31. The molecule has 2 aromatic carbocycles. The van der Waals surface area contributed by atoms with E-state index in [1.807, 2.05) is 25.1 Å². The van der Waals surface area contributed by atoms with E-state index in [1.165, 1.54) is 0 Å². The summed E-state index contributed by atoms with van der Waals surface area (Å²) in [5.74, 6) is 1.37. The SMILES string of the molecule is COc1cc(CCC(=O)Nc2cc(Cl)ccc2C)cc(OC)c1. The average molecular weight is 334 g/mol. The second-order valence-electron chi connectivity index (χ2n) is 5.23.